The number of thioether (sulfide) groups is 1. The molecule has 1 aliphatic carbocycles. The first-order valence-electron chi connectivity index (χ1n) is 7.70. The average molecular weight is 307 g/mol. The van der Waals surface area contributed by atoms with Crippen LogP contribution in [0.5, 0.6) is 0 Å². The lowest BCUT2D eigenvalue weighted by Gasteiger charge is -2.22. The largest absolute Gasteiger partial charge is 0.478 e. The van der Waals surface area contributed by atoms with Gasteiger partial charge in [-0.2, -0.15) is 0 Å². The molecule has 3 aliphatic rings. The Labute approximate surface area is 129 Å². The first kappa shape index (κ1) is 14.7. The fourth-order valence-corrected chi connectivity index (χ4v) is 4.54. The normalized spacial score (nSPS) is 30.4. The van der Waals surface area contributed by atoms with Gasteiger partial charge in [-0.3, -0.25) is 4.79 Å². The van der Waals surface area contributed by atoms with Crippen LogP contribution in [0.4, 0.5) is 0 Å². The Morgan fingerprint density at radius 3 is 2.43 bits per heavy atom. The third-order valence-corrected chi connectivity index (χ3v) is 5.89. The van der Waals surface area contributed by atoms with Gasteiger partial charge < -0.3 is 10.0 Å². The van der Waals surface area contributed by atoms with Crippen molar-refractivity contribution in [3.05, 3.63) is 22.0 Å². The summed E-state index contributed by atoms with van der Waals surface area (Å²) >= 11 is 1.43. The summed E-state index contributed by atoms with van der Waals surface area (Å²) in [4.78, 5) is 26.6. The summed E-state index contributed by atoms with van der Waals surface area (Å²) in [7, 11) is 0. The molecule has 1 N–H and O–H groups in total. The molecular weight excluding hydrogens is 286 g/mol. The summed E-state index contributed by atoms with van der Waals surface area (Å²) in [6.07, 6.45) is 7.62. The molecule has 1 saturated heterocycles. The summed E-state index contributed by atoms with van der Waals surface area (Å²) in [5.41, 5.74) is 0.282. The Morgan fingerprint density at radius 2 is 1.90 bits per heavy atom. The van der Waals surface area contributed by atoms with Crippen LogP contribution in [0, 0.1) is 11.8 Å². The van der Waals surface area contributed by atoms with E-state index in [9.17, 15) is 14.7 Å². The molecule has 0 bridgehead atoms. The lowest BCUT2D eigenvalue weighted by molar-refractivity contribution is -0.136. The minimum atomic E-state index is -0.953. The van der Waals surface area contributed by atoms with Crippen LogP contribution in [0.2, 0.25) is 0 Å². The predicted molar refractivity (Wildman–Crippen MR) is 82.7 cm³/mol. The maximum atomic E-state index is 12.5. The highest BCUT2D eigenvalue weighted by Crippen LogP contribution is 2.37. The molecule has 2 aliphatic heterocycles. The maximum Gasteiger partial charge on any atom is 0.332 e. The number of carboxylic acids is 1. The highest BCUT2D eigenvalue weighted by atomic mass is 32.2. The number of carboxylic acid groups (broad SMARTS) is 1. The molecule has 114 valence electrons. The fourth-order valence-electron chi connectivity index (χ4n) is 3.69. The second kappa shape index (κ2) is 6.26. The number of carbonyl (C=O) groups is 2. The topological polar surface area (TPSA) is 57.6 Å². The number of carbonyl (C=O) groups excluding carboxylic acids is 1. The van der Waals surface area contributed by atoms with E-state index in [1.54, 1.807) is 0 Å². The Morgan fingerprint density at radius 1 is 1.24 bits per heavy atom. The van der Waals surface area contributed by atoms with Gasteiger partial charge in [-0.1, -0.05) is 18.9 Å². The highest BCUT2D eigenvalue weighted by molar-refractivity contribution is 8.06. The van der Waals surface area contributed by atoms with Crippen molar-refractivity contribution in [2.45, 2.75) is 38.5 Å². The molecule has 1 amide bonds. The molecule has 1 saturated carbocycles. The number of nitrogens with zero attached hydrogens (tertiary/aromatic N) is 1. The molecule has 3 rings (SSSR count). The maximum absolute atomic E-state index is 12.5. The third kappa shape index (κ3) is 3.18. The van der Waals surface area contributed by atoms with Crippen molar-refractivity contribution in [3.63, 3.8) is 0 Å². The Kier molecular flexibility index (Phi) is 4.38. The lowest BCUT2D eigenvalue weighted by Crippen LogP contribution is -2.30. The van der Waals surface area contributed by atoms with E-state index < -0.39 is 5.97 Å². The number of amides is 1. The van der Waals surface area contributed by atoms with Gasteiger partial charge in [-0.25, -0.2) is 4.79 Å². The van der Waals surface area contributed by atoms with Crippen LogP contribution in [0.3, 0.4) is 0 Å². The molecule has 21 heavy (non-hydrogen) atoms. The van der Waals surface area contributed by atoms with Crippen LogP contribution in [-0.2, 0) is 9.59 Å². The van der Waals surface area contributed by atoms with Gasteiger partial charge in [0.15, 0.2) is 0 Å². The van der Waals surface area contributed by atoms with E-state index >= 15 is 0 Å². The van der Waals surface area contributed by atoms with Gasteiger partial charge in [0.2, 0.25) is 5.91 Å². The summed E-state index contributed by atoms with van der Waals surface area (Å²) < 4.78 is 0. The molecule has 0 aromatic heterocycles. The zero-order valence-corrected chi connectivity index (χ0v) is 12.9. The number of hydrogen-bond acceptors (Lipinski definition) is 3. The zero-order chi connectivity index (χ0) is 14.8. The van der Waals surface area contributed by atoms with Crippen molar-refractivity contribution in [3.8, 4) is 0 Å². The molecule has 2 heterocycles. The summed E-state index contributed by atoms with van der Waals surface area (Å²) in [5, 5.41) is 11.3. The van der Waals surface area contributed by atoms with Gasteiger partial charge in [0.25, 0.3) is 0 Å². The molecule has 2 atom stereocenters. The zero-order valence-electron chi connectivity index (χ0n) is 12.1. The monoisotopic (exact) mass is 307 g/mol. The van der Waals surface area contributed by atoms with Gasteiger partial charge in [-0.05, 0) is 36.5 Å². The SMILES string of the molecule is O=C(O)/C(CC(=O)N1CC2CCCCC2C1)=C1\CC=CS1. The Bertz CT molecular complexity index is 488. The summed E-state index contributed by atoms with van der Waals surface area (Å²) in [6.45, 7) is 1.66. The standard InChI is InChI=1S/C16H21NO3S/c18-15(8-13(16(19)20)14-6-3-7-21-14)17-9-11-4-1-2-5-12(11)10-17/h3,7,11-12H,1-2,4-6,8-10H2,(H,19,20)/b14-13+. The smallest absolute Gasteiger partial charge is 0.332 e. The molecule has 0 radical (unpaired) electrons. The third-order valence-electron chi connectivity index (χ3n) is 4.86. The van der Waals surface area contributed by atoms with E-state index in [0.29, 0.717) is 18.3 Å². The van der Waals surface area contributed by atoms with E-state index in [0.717, 1.165) is 18.0 Å². The molecule has 4 nitrogen and oxygen atoms in total. The van der Waals surface area contributed by atoms with Crippen LogP contribution in [0.25, 0.3) is 0 Å². The minimum absolute atomic E-state index is 0.0122. The number of rotatable bonds is 3. The van der Waals surface area contributed by atoms with Crippen LogP contribution in [0.15, 0.2) is 22.0 Å². The fraction of sp³-hybridized carbons (Fsp3) is 0.625. The van der Waals surface area contributed by atoms with Crippen molar-refractivity contribution >= 4 is 23.6 Å². The quantitative estimate of drug-likeness (QED) is 0.814. The van der Waals surface area contributed by atoms with Crippen LogP contribution in [0.1, 0.15) is 38.5 Å². The van der Waals surface area contributed by atoms with Gasteiger partial charge in [0.05, 0.1) is 12.0 Å². The minimum Gasteiger partial charge on any atom is -0.478 e. The highest BCUT2D eigenvalue weighted by Gasteiger charge is 2.36. The lowest BCUT2D eigenvalue weighted by atomic mass is 9.82. The number of aliphatic carboxylic acids is 1. The number of hydrogen-bond donors (Lipinski definition) is 1. The van der Waals surface area contributed by atoms with Crippen molar-refractivity contribution in [1.82, 2.24) is 4.90 Å². The molecule has 0 aromatic rings. The van der Waals surface area contributed by atoms with E-state index in [1.165, 1.54) is 37.4 Å². The van der Waals surface area contributed by atoms with E-state index in [4.69, 9.17) is 0 Å². The average Bonchev–Trinajstić information content (AvgIpc) is 3.12. The van der Waals surface area contributed by atoms with Gasteiger partial charge in [-0.15, -0.1) is 11.8 Å². The molecule has 2 unspecified atom stereocenters. The molecular formula is C16H21NO3S. The van der Waals surface area contributed by atoms with Gasteiger partial charge in [0, 0.05) is 18.0 Å². The molecule has 0 spiro atoms. The Balaban J connectivity index is 1.65. The summed E-state index contributed by atoms with van der Waals surface area (Å²) in [6, 6.07) is 0. The van der Waals surface area contributed by atoms with Crippen molar-refractivity contribution in [2.75, 3.05) is 13.1 Å². The molecule has 2 fully saturated rings. The van der Waals surface area contributed by atoms with E-state index in [1.807, 2.05) is 16.4 Å². The predicted octanol–water partition coefficient (Wildman–Crippen LogP) is 3.01. The first-order valence-corrected chi connectivity index (χ1v) is 8.58. The number of likely N-dealkylation sites (tertiary alicyclic amines) is 1. The van der Waals surface area contributed by atoms with Crippen LogP contribution < -0.4 is 0 Å². The van der Waals surface area contributed by atoms with Crippen LogP contribution >= 0.6 is 11.8 Å². The van der Waals surface area contributed by atoms with Crippen LogP contribution in [-0.4, -0.2) is 35.0 Å². The van der Waals surface area contributed by atoms with Gasteiger partial charge >= 0.3 is 5.97 Å². The van der Waals surface area contributed by atoms with Gasteiger partial charge in [0.1, 0.15) is 0 Å². The number of fused-ring (bicyclic) bond motifs is 1. The molecule has 5 heteroatoms. The van der Waals surface area contributed by atoms with E-state index in [-0.39, 0.29) is 17.9 Å². The second-order valence-corrected chi connectivity index (χ2v) is 7.18. The second-order valence-electron chi connectivity index (χ2n) is 6.18. The summed E-state index contributed by atoms with van der Waals surface area (Å²) in [5.74, 6) is 0.324. The first-order chi connectivity index (χ1) is 10.1. The van der Waals surface area contributed by atoms with Crippen molar-refractivity contribution in [2.24, 2.45) is 11.8 Å². The molecule has 0 aromatic carbocycles. The van der Waals surface area contributed by atoms with Crippen molar-refractivity contribution < 1.29 is 14.7 Å². The Hall–Kier alpha value is -1.23. The van der Waals surface area contributed by atoms with Crippen molar-refractivity contribution in [1.29, 1.82) is 0 Å². The number of allylic oxidation sites excluding steroid dienone is 2. The van der Waals surface area contributed by atoms with E-state index in [2.05, 4.69) is 0 Å².